The minimum Gasteiger partial charge on any atom is -0.392 e. The number of imide groups is 1. The summed E-state index contributed by atoms with van der Waals surface area (Å²) >= 11 is 1.55. The number of rotatable bonds is 16. The lowest BCUT2D eigenvalue weighted by Crippen LogP contribution is -2.58. The third kappa shape index (κ3) is 11.5. The number of nitrogens with two attached hydrogens (primary N) is 1. The third-order valence-corrected chi connectivity index (χ3v) is 7.88. The highest BCUT2D eigenvalue weighted by molar-refractivity contribution is 7.13. The summed E-state index contributed by atoms with van der Waals surface area (Å²) in [6.45, 7) is 9.63. The summed E-state index contributed by atoms with van der Waals surface area (Å²) in [6.07, 6.45) is -0.473. The van der Waals surface area contributed by atoms with Gasteiger partial charge in [-0.15, -0.1) is 23.7 Å². The van der Waals surface area contributed by atoms with Crippen LogP contribution in [0.15, 0.2) is 29.8 Å². The highest BCUT2D eigenvalue weighted by Gasteiger charge is 2.41. The molecular formula is C30H46ClN5O7S. The van der Waals surface area contributed by atoms with E-state index in [-0.39, 0.29) is 51.7 Å². The first-order chi connectivity index (χ1) is 20.5. The molecule has 44 heavy (non-hydrogen) atoms. The van der Waals surface area contributed by atoms with Crippen LogP contribution in [-0.4, -0.2) is 104 Å². The van der Waals surface area contributed by atoms with Crippen LogP contribution in [-0.2, 0) is 35.1 Å². The maximum absolute atomic E-state index is 14.0. The number of aromatic nitrogens is 1. The van der Waals surface area contributed by atoms with Gasteiger partial charge in [-0.1, -0.05) is 45.0 Å². The van der Waals surface area contributed by atoms with Gasteiger partial charge in [-0.3, -0.25) is 19.3 Å². The zero-order valence-electron chi connectivity index (χ0n) is 25.9. The maximum Gasteiger partial charge on any atom is 0.252 e. The van der Waals surface area contributed by atoms with Crippen molar-refractivity contribution in [2.45, 2.75) is 58.8 Å². The highest BCUT2D eigenvalue weighted by atomic mass is 35.5. The molecule has 2 heterocycles. The third-order valence-electron chi connectivity index (χ3n) is 6.90. The van der Waals surface area contributed by atoms with Crippen LogP contribution in [0, 0.1) is 12.3 Å². The molecule has 12 nitrogen and oxygen atoms in total. The Bertz CT molecular complexity index is 1190. The van der Waals surface area contributed by atoms with Gasteiger partial charge in [0, 0.05) is 13.1 Å². The topological polar surface area (TPSA) is 165 Å². The Balaban J connectivity index is 0.00000675. The minimum absolute atomic E-state index is 0. The predicted octanol–water partition coefficient (Wildman–Crippen LogP) is 1.66. The van der Waals surface area contributed by atoms with Gasteiger partial charge in [0.1, 0.15) is 12.6 Å². The number of hydrogen-bond acceptors (Lipinski definition) is 11. The number of amides is 3. The average molecular weight is 656 g/mol. The van der Waals surface area contributed by atoms with Crippen LogP contribution in [0.25, 0.3) is 10.4 Å². The fraction of sp³-hybridized carbons (Fsp3) is 0.600. The number of halogens is 1. The largest absolute Gasteiger partial charge is 0.392 e. The van der Waals surface area contributed by atoms with Gasteiger partial charge in [-0.2, -0.15) is 0 Å². The summed E-state index contributed by atoms with van der Waals surface area (Å²) in [5, 5.41) is 15.8. The van der Waals surface area contributed by atoms with E-state index in [1.54, 1.807) is 16.8 Å². The molecule has 1 aromatic heterocycles. The van der Waals surface area contributed by atoms with E-state index in [0.29, 0.717) is 26.4 Å². The van der Waals surface area contributed by atoms with Crippen molar-refractivity contribution in [2.24, 2.45) is 11.1 Å². The molecule has 14 heteroatoms. The number of nitrogens with one attached hydrogen (secondary N) is 2. The monoisotopic (exact) mass is 655 g/mol. The number of aryl methyl sites for hydroxylation is 1. The molecule has 246 valence electrons. The van der Waals surface area contributed by atoms with Crippen LogP contribution in [0.4, 0.5) is 0 Å². The number of hydrogen-bond donors (Lipinski definition) is 4. The first-order valence-corrected chi connectivity index (χ1v) is 15.4. The number of nitrogens with zero attached hydrogens (tertiary/aromatic N) is 2. The van der Waals surface area contributed by atoms with Crippen LogP contribution in [0.1, 0.15) is 38.4 Å². The molecule has 1 fully saturated rings. The SMILES string of the molecule is Cc1ncsc1-c1ccc(CN(C(=O)[C@@H]2C[C@@H](O)CN2)C(=O)[C@@H](NC(=O)COCCOCCOCCN)C(C)(C)C)cc1.Cl. The molecule has 1 aliphatic heterocycles. The van der Waals surface area contributed by atoms with E-state index in [2.05, 4.69) is 15.6 Å². The van der Waals surface area contributed by atoms with E-state index in [9.17, 15) is 19.5 Å². The van der Waals surface area contributed by atoms with E-state index < -0.39 is 41.3 Å². The molecule has 0 spiro atoms. The van der Waals surface area contributed by atoms with Crippen LogP contribution < -0.4 is 16.4 Å². The number of carbonyl (C=O) groups is 3. The quantitative estimate of drug-likeness (QED) is 0.195. The zero-order chi connectivity index (χ0) is 31.4. The Morgan fingerprint density at radius 3 is 2.30 bits per heavy atom. The van der Waals surface area contributed by atoms with Gasteiger partial charge < -0.3 is 35.7 Å². The first-order valence-electron chi connectivity index (χ1n) is 14.5. The molecule has 1 aliphatic rings. The van der Waals surface area contributed by atoms with Crippen molar-refractivity contribution in [3.8, 4) is 10.4 Å². The lowest BCUT2D eigenvalue weighted by Gasteiger charge is -2.35. The van der Waals surface area contributed by atoms with Gasteiger partial charge in [-0.25, -0.2) is 4.98 Å². The number of β-amino-alcohol motifs (C(OH)–C–C–N with tert-alkyl or cyclic N) is 1. The maximum atomic E-state index is 14.0. The van der Waals surface area contributed by atoms with Gasteiger partial charge in [0.25, 0.3) is 5.91 Å². The second kappa shape index (κ2) is 18.5. The summed E-state index contributed by atoms with van der Waals surface area (Å²) in [5.41, 5.74) is 9.13. The van der Waals surface area contributed by atoms with Gasteiger partial charge in [-0.05, 0) is 29.9 Å². The molecule has 0 bridgehead atoms. The van der Waals surface area contributed by atoms with Crippen molar-refractivity contribution in [3.05, 3.63) is 41.0 Å². The Labute approximate surface area is 269 Å². The fourth-order valence-electron chi connectivity index (χ4n) is 4.58. The molecule has 0 aliphatic carbocycles. The summed E-state index contributed by atoms with van der Waals surface area (Å²) in [7, 11) is 0. The molecule has 0 unspecified atom stereocenters. The molecule has 1 saturated heterocycles. The Morgan fingerprint density at radius 1 is 1.11 bits per heavy atom. The van der Waals surface area contributed by atoms with Crippen LogP contribution >= 0.6 is 23.7 Å². The number of aliphatic hydroxyl groups excluding tert-OH is 1. The first kappa shape index (κ1) is 37.7. The van der Waals surface area contributed by atoms with Gasteiger partial charge in [0.15, 0.2) is 0 Å². The van der Waals surface area contributed by atoms with E-state index in [0.717, 1.165) is 21.7 Å². The number of benzene rings is 1. The van der Waals surface area contributed by atoms with Crippen molar-refractivity contribution < 1.29 is 33.7 Å². The average Bonchev–Trinajstić information content (AvgIpc) is 3.60. The summed E-state index contributed by atoms with van der Waals surface area (Å²) in [6, 6.07) is 5.93. The smallest absolute Gasteiger partial charge is 0.252 e. The normalized spacial score (nSPS) is 17.1. The van der Waals surface area contributed by atoms with Crippen molar-refractivity contribution in [1.82, 2.24) is 20.5 Å². The van der Waals surface area contributed by atoms with Gasteiger partial charge in [0.2, 0.25) is 11.8 Å². The second-order valence-electron chi connectivity index (χ2n) is 11.5. The van der Waals surface area contributed by atoms with E-state index in [1.807, 2.05) is 52.0 Å². The molecule has 2 aromatic rings. The van der Waals surface area contributed by atoms with Crippen molar-refractivity contribution in [3.63, 3.8) is 0 Å². The standard InChI is InChI=1S/C30H45N5O7S.ClH/c1-20-26(43-19-33-20)22-7-5-21(6-8-22)17-35(28(38)24-15-23(36)16-32-24)29(39)27(30(2,3)4)34-25(37)18-42-14-13-41-12-11-40-10-9-31;/h5-8,19,23-24,27,32,36H,9-18,31H2,1-4H3,(H,34,37);1H/t23-,24+,27-;/m1./s1. The molecule has 1 aromatic carbocycles. The summed E-state index contributed by atoms with van der Waals surface area (Å²) < 4.78 is 16.1. The minimum atomic E-state index is -1.01. The van der Waals surface area contributed by atoms with Gasteiger partial charge >= 0.3 is 0 Å². The molecule has 0 saturated carbocycles. The lowest BCUT2D eigenvalue weighted by molar-refractivity contribution is -0.151. The number of ether oxygens (including phenoxy) is 3. The lowest BCUT2D eigenvalue weighted by atomic mass is 9.85. The predicted molar refractivity (Wildman–Crippen MR) is 170 cm³/mol. The van der Waals surface area contributed by atoms with Crippen LogP contribution in [0.2, 0.25) is 0 Å². The van der Waals surface area contributed by atoms with Crippen LogP contribution in [0.5, 0.6) is 0 Å². The molecule has 3 atom stereocenters. The molecular weight excluding hydrogens is 610 g/mol. The van der Waals surface area contributed by atoms with Crippen LogP contribution in [0.3, 0.4) is 0 Å². The van der Waals surface area contributed by atoms with E-state index in [1.165, 1.54) is 4.90 Å². The van der Waals surface area contributed by atoms with Gasteiger partial charge in [0.05, 0.1) is 67.8 Å². The summed E-state index contributed by atoms with van der Waals surface area (Å²) in [5.74, 6) is -1.46. The molecule has 3 rings (SSSR count). The number of carbonyl (C=O) groups excluding carboxylic acids is 3. The molecule has 0 radical (unpaired) electrons. The Morgan fingerprint density at radius 2 is 1.75 bits per heavy atom. The number of aliphatic hydroxyl groups is 1. The van der Waals surface area contributed by atoms with E-state index in [4.69, 9.17) is 19.9 Å². The Kier molecular flexibility index (Phi) is 15.8. The molecule has 5 N–H and O–H groups in total. The van der Waals surface area contributed by atoms with E-state index >= 15 is 0 Å². The number of thiazole rings is 1. The highest BCUT2D eigenvalue weighted by Crippen LogP contribution is 2.28. The zero-order valence-corrected chi connectivity index (χ0v) is 27.5. The molecule has 3 amide bonds. The second-order valence-corrected chi connectivity index (χ2v) is 12.4. The Hall–Kier alpha value is -2.49. The summed E-state index contributed by atoms with van der Waals surface area (Å²) in [4.78, 5) is 47.1. The van der Waals surface area contributed by atoms with Crippen molar-refractivity contribution in [1.29, 1.82) is 0 Å². The van der Waals surface area contributed by atoms with Crippen molar-refractivity contribution >= 4 is 41.5 Å². The van der Waals surface area contributed by atoms with Crippen molar-refractivity contribution in [2.75, 3.05) is 52.7 Å². The fourth-order valence-corrected chi connectivity index (χ4v) is 5.39.